The van der Waals surface area contributed by atoms with Crippen LogP contribution in [0.2, 0.25) is 0 Å². The predicted molar refractivity (Wildman–Crippen MR) is 141 cm³/mol. The normalized spacial score (nSPS) is 18.6. The van der Waals surface area contributed by atoms with Crippen LogP contribution < -0.4 is 0 Å². The Hall–Kier alpha value is -2.80. The number of carbonyl (C=O) groups excluding carboxylic acids is 4. The largest absolute Gasteiger partial charge is 0.469 e. The number of hydroxylamine groups is 2. The summed E-state index contributed by atoms with van der Waals surface area (Å²) in [6.45, 7) is 5.12. The van der Waals surface area contributed by atoms with E-state index in [-0.39, 0.29) is 30.6 Å². The summed E-state index contributed by atoms with van der Waals surface area (Å²) in [5, 5.41) is 12.9. The molecule has 11 nitrogen and oxygen atoms in total. The van der Waals surface area contributed by atoms with Gasteiger partial charge in [0.05, 0.1) is 24.6 Å². The van der Waals surface area contributed by atoms with Crippen LogP contribution in [0.1, 0.15) is 90.0 Å². The van der Waals surface area contributed by atoms with Gasteiger partial charge in [-0.1, -0.05) is 17.9 Å². The molecule has 0 spiro atoms. The van der Waals surface area contributed by atoms with Crippen LogP contribution in [0.25, 0.3) is 0 Å². The van der Waals surface area contributed by atoms with Gasteiger partial charge in [0, 0.05) is 55.6 Å². The van der Waals surface area contributed by atoms with Crippen molar-refractivity contribution >= 4 is 47.2 Å². The summed E-state index contributed by atoms with van der Waals surface area (Å²) in [6.07, 6.45) is 6.41. The molecule has 2 aliphatic heterocycles. The third-order valence-corrected chi connectivity index (χ3v) is 8.04. The maximum Gasteiger partial charge on any atom is 0.333 e. The summed E-state index contributed by atoms with van der Waals surface area (Å²) < 4.78 is 11.7. The average Bonchev–Trinajstić information content (AvgIpc) is 3.34. The molecular formula is C27H37N2O9S+. The number of nitrogens with zero attached hydrogens (tertiary/aromatic N) is 2. The summed E-state index contributed by atoms with van der Waals surface area (Å²) in [5.74, 6) is -1.72. The topological polar surface area (TPSA) is 132 Å². The number of benzene rings is 1. The van der Waals surface area contributed by atoms with Gasteiger partial charge < -0.3 is 9.57 Å². The Bertz CT molecular complexity index is 1090. The summed E-state index contributed by atoms with van der Waals surface area (Å²) in [5.41, 5.74) is 3.25. The molecule has 0 saturated carbocycles. The molecular weight excluding hydrogens is 528 g/mol. The molecule has 1 fully saturated rings. The first-order valence-electron chi connectivity index (χ1n) is 13.3. The molecule has 39 heavy (non-hydrogen) atoms. The molecule has 12 heteroatoms. The standard InChI is InChI=1S/C27H36N2O9S/c1-19-27(2,16-8-4-6-10-25(32)35-3)21-18-20(39-38-37-34)12-13-22(21)28(19)17-9-5-7-11-26(33)36-29-23(30)14-15-24(29)31/h12-13,18H,4-11,14-17H2,1-3H3/p+1. The number of carbonyl (C=O) groups is 4. The molecule has 2 amide bonds. The second-order valence-corrected chi connectivity index (χ2v) is 10.7. The Morgan fingerprint density at radius 3 is 2.36 bits per heavy atom. The first-order chi connectivity index (χ1) is 18.7. The molecule has 0 bridgehead atoms. The van der Waals surface area contributed by atoms with E-state index < -0.39 is 17.8 Å². The van der Waals surface area contributed by atoms with E-state index in [1.165, 1.54) is 12.8 Å². The molecule has 2 heterocycles. The van der Waals surface area contributed by atoms with Crippen LogP contribution in [0.4, 0.5) is 5.69 Å². The lowest BCUT2D eigenvalue weighted by Gasteiger charge is -2.22. The number of ether oxygens (including phenoxy) is 1. The molecule has 214 valence electrons. The van der Waals surface area contributed by atoms with Crippen molar-refractivity contribution in [2.45, 2.75) is 94.8 Å². The highest BCUT2D eigenvalue weighted by Crippen LogP contribution is 2.44. The van der Waals surface area contributed by atoms with Crippen molar-refractivity contribution in [3.8, 4) is 0 Å². The number of hydrogen-bond acceptors (Lipinski definition) is 10. The highest BCUT2D eigenvalue weighted by atomic mass is 32.2. The molecule has 1 aromatic carbocycles. The maximum atomic E-state index is 12.1. The Morgan fingerprint density at radius 2 is 1.69 bits per heavy atom. The average molecular weight is 566 g/mol. The van der Waals surface area contributed by atoms with E-state index >= 15 is 0 Å². The van der Waals surface area contributed by atoms with E-state index in [0.29, 0.717) is 17.9 Å². The van der Waals surface area contributed by atoms with Gasteiger partial charge in [0.15, 0.2) is 5.71 Å². The fourth-order valence-corrected chi connectivity index (χ4v) is 5.52. The summed E-state index contributed by atoms with van der Waals surface area (Å²) >= 11 is 0.925. The van der Waals surface area contributed by atoms with Gasteiger partial charge in [-0.2, -0.15) is 4.58 Å². The van der Waals surface area contributed by atoms with Crippen molar-refractivity contribution in [2.24, 2.45) is 0 Å². The summed E-state index contributed by atoms with van der Waals surface area (Å²) in [6, 6.07) is 5.99. The maximum absolute atomic E-state index is 12.1. The quantitative estimate of drug-likeness (QED) is 0.0568. The first-order valence-corrected chi connectivity index (χ1v) is 14.0. The van der Waals surface area contributed by atoms with Crippen LogP contribution in [0.15, 0.2) is 23.1 Å². The van der Waals surface area contributed by atoms with E-state index in [1.54, 1.807) is 0 Å². The Balaban J connectivity index is 1.59. The summed E-state index contributed by atoms with van der Waals surface area (Å²) in [4.78, 5) is 52.5. The van der Waals surface area contributed by atoms with Gasteiger partial charge in [-0.3, -0.25) is 14.4 Å². The molecule has 1 unspecified atom stereocenters. The van der Waals surface area contributed by atoms with Gasteiger partial charge in [0.25, 0.3) is 11.8 Å². The van der Waals surface area contributed by atoms with Crippen molar-refractivity contribution in [3.63, 3.8) is 0 Å². The van der Waals surface area contributed by atoms with Gasteiger partial charge in [0.2, 0.25) is 5.69 Å². The minimum atomic E-state index is -0.577. The lowest BCUT2D eigenvalue weighted by atomic mass is 9.76. The molecule has 1 aromatic rings. The van der Waals surface area contributed by atoms with Crippen molar-refractivity contribution in [1.82, 2.24) is 5.06 Å². The van der Waals surface area contributed by atoms with Gasteiger partial charge in [-0.25, -0.2) is 10.1 Å². The number of esters is 1. The fourth-order valence-electron chi connectivity index (χ4n) is 5.12. The van der Waals surface area contributed by atoms with E-state index in [2.05, 4.69) is 27.8 Å². The second-order valence-electron chi connectivity index (χ2n) is 9.97. The fraction of sp³-hybridized carbons (Fsp3) is 0.593. The zero-order chi connectivity index (χ0) is 28.4. The lowest BCUT2D eigenvalue weighted by Crippen LogP contribution is -2.32. The Kier molecular flexibility index (Phi) is 11.5. The van der Waals surface area contributed by atoms with E-state index in [0.717, 1.165) is 73.3 Å². The predicted octanol–water partition coefficient (Wildman–Crippen LogP) is 4.78. The number of imide groups is 1. The van der Waals surface area contributed by atoms with Crippen LogP contribution in [0, 0.1) is 0 Å². The molecule has 0 aromatic heterocycles. The first kappa shape index (κ1) is 30.7. The van der Waals surface area contributed by atoms with Crippen LogP contribution in [-0.2, 0) is 43.5 Å². The molecule has 2 aliphatic rings. The number of unbranched alkanes of at least 4 members (excludes halogenated alkanes) is 4. The molecule has 0 aliphatic carbocycles. The Labute approximate surface area is 232 Å². The van der Waals surface area contributed by atoms with Crippen molar-refractivity contribution in [1.29, 1.82) is 0 Å². The number of hydrogen-bond donors (Lipinski definition) is 1. The van der Waals surface area contributed by atoms with E-state index in [1.807, 2.05) is 18.2 Å². The smallest absolute Gasteiger partial charge is 0.333 e. The number of fused-ring (bicyclic) bond motifs is 1. The number of rotatable bonds is 16. The molecule has 1 atom stereocenters. The minimum absolute atomic E-state index is 0.0775. The van der Waals surface area contributed by atoms with Crippen LogP contribution in [0.5, 0.6) is 0 Å². The number of amides is 2. The van der Waals surface area contributed by atoms with Crippen molar-refractivity contribution in [3.05, 3.63) is 23.8 Å². The van der Waals surface area contributed by atoms with Crippen LogP contribution >= 0.6 is 12.0 Å². The van der Waals surface area contributed by atoms with Gasteiger partial charge in [0.1, 0.15) is 6.54 Å². The third-order valence-electron chi connectivity index (χ3n) is 7.46. The van der Waals surface area contributed by atoms with Gasteiger partial charge in [-0.05, 0) is 44.7 Å². The SMILES string of the molecule is COC(=O)CCCCCC1(C)C(C)=[N+](CCCCCC(=O)ON2C(=O)CCC2=O)c2ccc(SOOO)cc21. The lowest BCUT2D eigenvalue weighted by molar-refractivity contribution is -0.439. The Morgan fingerprint density at radius 1 is 1.03 bits per heavy atom. The highest BCUT2D eigenvalue weighted by Gasteiger charge is 2.46. The van der Waals surface area contributed by atoms with Crippen molar-refractivity contribution in [2.75, 3.05) is 13.7 Å². The molecule has 0 radical (unpaired) electrons. The third kappa shape index (κ3) is 7.87. The zero-order valence-corrected chi connectivity index (χ0v) is 23.5. The highest BCUT2D eigenvalue weighted by molar-refractivity contribution is 7.94. The van der Waals surface area contributed by atoms with E-state index in [4.69, 9.17) is 14.8 Å². The van der Waals surface area contributed by atoms with E-state index in [9.17, 15) is 19.2 Å². The molecule has 1 saturated heterocycles. The van der Waals surface area contributed by atoms with Crippen LogP contribution in [-0.4, -0.2) is 58.0 Å². The van der Waals surface area contributed by atoms with Crippen molar-refractivity contribution < 1.29 is 48.0 Å². The minimum Gasteiger partial charge on any atom is -0.469 e. The number of methoxy groups -OCH3 is 1. The monoisotopic (exact) mass is 565 g/mol. The second kappa shape index (κ2) is 14.5. The van der Waals surface area contributed by atoms with Gasteiger partial charge >= 0.3 is 11.9 Å². The molecule has 1 N–H and O–H groups in total. The summed E-state index contributed by atoms with van der Waals surface area (Å²) in [7, 11) is 1.40. The zero-order valence-electron chi connectivity index (χ0n) is 22.7. The van der Waals surface area contributed by atoms with Crippen LogP contribution in [0.3, 0.4) is 0 Å². The molecule has 3 rings (SSSR count). The van der Waals surface area contributed by atoms with Gasteiger partial charge in [-0.15, -0.1) is 9.40 Å².